The van der Waals surface area contributed by atoms with E-state index < -0.39 is 0 Å². The average Bonchev–Trinajstić information content (AvgIpc) is 2.43. The predicted octanol–water partition coefficient (Wildman–Crippen LogP) is 3.45. The van der Waals surface area contributed by atoms with Gasteiger partial charge < -0.3 is 5.32 Å². The molecule has 0 aliphatic rings. The van der Waals surface area contributed by atoms with Gasteiger partial charge in [0.15, 0.2) is 0 Å². The Morgan fingerprint density at radius 3 is 2.47 bits per heavy atom. The Bertz CT molecular complexity index is 482. The second-order valence-electron chi connectivity index (χ2n) is 4.65. The zero-order chi connectivity index (χ0) is 13.5. The number of benzene rings is 1. The van der Waals surface area contributed by atoms with E-state index in [1.54, 1.807) is 0 Å². The van der Waals surface area contributed by atoms with Gasteiger partial charge in [0.25, 0.3) is 0 Å². The number of nitrogens with one attached hydrogen (secondary N) is 1. The first kappa shape index (κ1) is 14.5. The van der Waals surface area contributed by atoms with Crippen LogP contribution in [0.1, 0.15) is 18.1 Å². The number of hydrogen-bond donors (Lipinski definition) is 1. The summed E-state index contributed by atoms with van der Waals surface area (Å²) >= 11 is 2.34. The Kier molecular flexibility index (Phi) is 5.79. The molecule has 1 unspecified atom stereocenters. The molecule has 1 aromatic carbocycles. The zero-order valence-corrected chi connectivity index (χ0v) is 13.3. The molecule has 0 bridgehead atoms. The van der Waals surface area contributed by atoms with Crippen LogP contribution in [-0.4, -0.2) is 17.6 Å². The predicted molar refractivity (Wildman–Crippen MR) is 88.3 cm³/mol. The summed E-state index contributed by atoms with van der Waals surface area (Å²) in [5, 5.41) is 3.56. The smallest absolute Gasteiger partial charge is 0.0300 e. The van der Waals surface area contributed by atoms with Crippen molar-refractivity contribution in [1.82, 2.24) is 10.3 Å². The molecule has 3 heteroatoms. The van der Waals surface area contributed by atoms with E-state index in [9.17, 15) is 0 Å². The van der Waals surface area contributed by atoms with Crippen LogP contribution < -0.4 is 5.32 Å². The number of aromatic nitrogens is 1. The van der Waals surface area contributed by atoms with E-state index in [-0.39, 0.29) is 0 Å². The SMILES string of the molecule is CCNC(Cc1ccc(I)cc1)Cc1cccnc1. The Labute approximate surface area is 128 Å². The molecule has 2 rings (SSSR count). The quantitative estimate of drug-likeness (QED) is 0.793. The van der Waals surface area contributed by atoms with E-state index in [0.717, 1.165) is 19.4 Å². The number of halogens is 1. The number of pyridine rings is 1. The van der Waals surface area contributed by atoms with Gasteiger partial charge >= 0.3 is 0 Å². The molecule has 1 aromatic heterocycles. The monoisotopic (exact) mass is 366 g/mol. The number of likely N-dealkylation sites (N-methyl/N-ethyl adjacent to an activating group) is 1. The van der Waals surface area contributed by atoms with Crippen LogP contribution in [0, 0.1) is 3.57 Å². The third-order valence-corrected chi connectivity index (χ3v) is 3.81. The summed E-state index contributed by atoms with van der Waals surface area (Å²) in [7, 11) is 0. The van der Waals surface area contributed by atoms with Gasteiger partial charge in [-0.2, -0.15) is 0 Å². The second kappa shape index (κ2) is 7.60. The molecular weight excluding hydrogens is 347 g/mol. The molecule has 0 aliphatic carbocycles. The van der Waals surface area contributed by atoms with Gasteiger partial charge in [0.2, 0.25) is 0 Å². The minimum atomic E-state index is 0.467. The largest absolute Gasteiger partial charge is 0.314 e. The van der Waals surface area contributed by atoms with Crippen molar-refractivity contribution in [1.29, 1.82) is 0 Å². The third-order valence-electron chi connectivity index (χ3n) is 3.09. The summed E-state index contributed by atoms with van der Waals surface area (Å²) in [4.78, 5) is 4.19. The minimum absolute atomic E-state index is 0.467. The van der Waals surface area contributed by atoms with Gasteiger partial charge in [0.05, 0.1) is 0 Å². The standard InChI is InChI=1S/C16H19IN2/c1-2-19-16(11-14-4-3-9-18-12-14)10-13-5-7-15(17)8-6-13/h3-9,12,16,19H,2,10-11H2,1H3. The molecule has 0 amide bonds. The van der Waals surface area contributed by atoms with Crippen molar-refractivity contribution in [3.8, 4) is 0 Å². The molecule has 1 heterocycles. The lowest BCUT2D eigenvalue weighted by Gasteiger charge is -2.18. The summed E-state index contributed by atoms with van der Waals surface area (Å²) in [5.41, 5.74) is 2.68. The minimum Gasteiger partial charge on any atom is -0.314 e. The maximum Gasteiger partial charge on any atom is 0.0300 e. The molecule has 1 atom stereocenters. The topological polar surface area (TPSA) is 24.9 Å². The summed E-state index contributed by atoms with van der Waals surface area (Å²) < 4.78 is 1.29. The van der Waals surface area contributed by atoms with Crippen LogP contribution in [0.25, 0.3) is 0 Å². The normalized spacial score (nSPS) is 12.3. The highest BCUT2D eigenvalue weighted by atomic mass is 127. The maximum absolute atomic E-state index is 4.19. The highest BCUT2D eigenvalue weighted by molar-refractivity contribution is 14.1. The van der Waals surface area contributed by atoms with Gasteiger partial charge in [-0.15, -0.1) is 0 Å². The molecule has 0 saturated carbocycles. The van der Waals surface area contributed by atoms with E-state index in [1.165, 1.54) is 14.7 Å². The molecule has 100 valence electrons. The fourth-order valence-corrected chi connectivity index (χ4v) is 2.57. The van der Waals surface area contributed by atoms with Crippen LogP contribution in [0.3, 0.4) is 0 Å². The zero-order valence-electron chi connectivity index (χ0n) is 11.1. The van der Waals surface area contributed by atoms with E-state index in [1.807, 2.05) is 18.5 Å². The highest BCUT2D eigenvalue weighted by Crippen LogP contribution is 2.11. The van der Waals surface area contributed by atoms with Gasteiger partial charge in [-0.3, -0.25) is 4.98 Å². The Balaban J connectivity index is 2.01. The van der Waals surface area contributed by atoms with Crippen molar-refractivity contribution in [3.05, 3.63) is 63.5 Å². The van der Waals surface area contributed by atoms with Crippen molar-refractivity contribution in [2.75, 3.05) is 6.54 Å². The van der Waals surface area contributed by atoms with Gasteiger partial charge in [0.1, 0.15) is 0 Å². The molecule has 19 heavy (non-hydrogen) atoms. The van der Waals surface area contributed by atoms with Crippen LogP contribution in [0.4, 0.5) is 0 Å². The average molecular weight is 366 g/mol. The fraction of sp³-hybridized carbons (Fsp3) is 0.312. The lowest BCUT2D eigenvalue weighted by atomic mass is 10.00. The van der Waals surface area contributed by atoms with E-state index >= 15 is 0 Å². The lowest BCUT2D eigenvalue weighted by molar-refractivity contribution is 0.521. The van der Waals surface area contributed by atoms with E-state index in [0.29, 0.717) is 6.04 Å². The first-order valence-electron chi connectivity index (χ1n) is 6.64. The molecule has 2 aromatic rings. The lowest BCUT2D eigenvalue weighted by Crippen LogP contribution is -2.33. The molecular formula is C16H19IN2. The van der Waals surface area contributed by atoms with Crippen LogP contribution in [0.2, 0.25) is 0 Å². The molecule has 0 spiro atoms. The van der Waals surface area contributed by atoms with Crippen molar-refractivity contribution >= 4 is 22.6 Å². The van der Waals surface area contributed by atoms with Crippen molar-refractivity contribution in [2.45, 2.75) is 25.8 Å². The molecule has 1 N–H and O–H groups in total. The number of hydrogen-bond acceptors (Lipinski definition) is 2. The van der Waals surface area contributed by atoms with Crippen LogP contribution in [-0.2, 0) is 12.8 Å². The molecule has 2 nitrogen and oxygen atoms in total. The highest BCUT2D eigenvalue weighted by Gasteiger charge is 2.09. The van der Waals surface area contributed by atoms with E-state index in [4.69, 9.17) is 0 Å². The molecule has 0 radical (unpaired) electrons. The number of rotatable bonds is 6. The van der Waals surface area contributed by atoms with Crippen LogP contribution in [0.5, 0.6) is 0 Å². The Morgan fingerprint density at radius 2 is 1.84 bits per heavy atom. The van der Waals surface area contributed by atoms with Crippen LogP contribution in [0.15, 0.2) is 48.8 Å². The summed E-state index contributed by atoms with van der Waals surface area (Å²) in [5.74, 6) is 0. The summed E-state index contributed by atoms with van der Waals surface area (Å²) in [6, 6.07) is 13.4. The van der Waals surface area contributed by atoms with Gasteiger partial charge in [-0.05, 0) is 71.3 Å². The first-order valence-corrected chi connectivity index (χ1v) is 7.72. The first-order chi connectivity index (χ1) is 9.28. The molecule has 0 aliphatic heterocycles. The summed E-state index contributed by atoms with van der Waals surface area (Å²) in [6.45, 7) is 3.15. The van der Waals surface area contributed by atoms with Gasteiger partial charge in [-0.1, -0.05) is 25.1 Å². The van der Waals surface area contributed by atoms with Gasteiger partial charge in [0, 0.05) is 22.0 Å². The number of nitrogens with zero attached hydrogens (tertiary/aromatic N) is 1. The van der Waals surface area contributed by atoms with Crippen molar-refractivity contribution in [2.24, 2.45) is 0 Å². The van der Waals surface area contributed by atoms with Crippen molar-refractivity contribution in [3.63, 3.8) is 0 Å². The van der Waals surface area contributed by atoms with Crippen molar-refractivity contribution < 1.29 is 0 Å². The van der Waals surface area contributed by atoms with E-state index in [2.05, 4.69) is 70.1 Å². The Hall–Kier alpha value is -0.940. The fourth-order valence-electron chi connectivity index (χ4n) is 2.21. The molecule has 0 fully saturated rings. The summed E-state index contributed by atoms with van der Waals surface area (Å²) in [6.07, 6.45) is 5.86. The second-order valence-corrected chi connectivity index (χ2v) is 5.90. The molecule has 0 saturated heterocycles. The van der Waals surface area contributed by atoms with Gasteiger partial charge in [-0.25, -0.2) is 0 Å². The Morgan fingerprint density at radius 1 is 1.11 bits per heavy atom. The maximum atomic E-state index is 4.19. The third kappa shape index (κ3) is 4.91. The van der Waals surface area contributed by atoms with Crippen LogP contribution >= 0.6 is 22.6 Å².